The van der Waals surface area contributed by atoms with Gasteiger partial charge in [-0.25, -0.2) is 0 Å². The second-order valence-corrected chi connectivity index (χ2v) is 4.96. The summed E-state index contributed by atoms with van der Waals surface area (Å²) in [5.41, 5.74) is 6.66. The van der Waals surface area contributed by atoms with Gasteiger partial charge in [-0.3, -0.25) is 9.59 Å². The second kappa shape index (κ2) is 9.13. The predicted molar refractivity (Wildman–Crippen MR) is 85.2 cm³/mol. The molecule has 21 heavy (non-hydrogen) atoms. The molecule has 0 bridgehead atoms. The Morgan fingerprint density at radius 1 is 1.10 bits per heavy atom. The summed E-state index contributed by atoms with van der Waals surface area (Å²) in [6.07, 6.45) is 2.18. The van der Waals surface area contributed by atoms with Crippen molar-refractivity contribution in [1.82, 2.24) is 4.90 Å². The van der Waals surface area contributed by atoms with E-state index in [2.05, 4.69) is 19.2 Å². The van der Waals surface area contributed by atoms with E-state index in [1.165, 1.54) is 0 Å². The Hall–Kier alpha value is -1.88. The molecule has 5 nitrogen and oxygen atoms in total. The number of nitrogens with one attached hydrogen (secondary N) is 1. The maximum atomic E-state index is 12.4. The smallest absolute Gasteiger partial charge is 0.253 e. The third kappa shape index (κ3) is 5.55. The van der Waals surface area contributed by atoms with Crippen molar-refractivity contribution in [3.63, 3.8) is 0 Å². The van der Waals surface area contributed by atoms with Gasteiger partial charge in [-0.05, 0) is 37.1 Å². The van der Waals surface area contributed by atoms with Crippen LogP contribution in [-0.4, -0.2) is 36.3 Å². The zero-order chi connectivity index (χ0) is 15.7. The van der Waals surface area contributed by atoms with E-state index in [9.17, 15) is 9.59 Å². The van der Waals surface area contributed by atoms with Crippen LogP contribution in [-0.2, 0) is 4.79 Å². The molecule has 0 saturated heterocycles. The molecule has 0 fully saturated rings. The number of benzene rings is 1. The summed E-state index contributed by atoms with van der Waals surface area (Å²) in [5.74, 6) is -0.0753. The van der Waals surface area contributed by atoms with Gasteiger partial charge in [-0.15, -0.1) is 0 Å². The molecule has 0 aliphatic rings. The Balaban J connectivity index is 2.71. The van der Waals surface area contributed by atoms with E-state index >= 15 is 0 Å². The van der Waals surface area contributed by atoms with Crippen molar-refractivity contribution in [2.24, 2.45) is 5.73 Å². The molecule has 0 aliphatic heterocycles. The van der Waals surface area contributed by atoms with E-state index in [0.717, 1.165) is 25.9 Å². The highest BCUT2D eigenvalue weighted by Crippen LogP contribution is 2.12. The average Bonchev–Trinajstić information content (AvgIpc) is 2.47. The van der Waals surface area contributed by atoms with Gasteiger partial charge in [-0.2, -0.15) is 0 Å². The Labute approximate surface area is 126 Å². The number of nitrogens with two attached hydrogens (primary N) is 1. The summed E-state index contributed by atoms with van der Waals surface area (Å²) in [6, 6.07) is 6.99. The fourth-order valence-electron chi connectivity index (χ4n) is 2.09. The highest BCUT2D eigenvalue weighted by Gasteiger charge is 2.14. The van der Waals surface area contributed by atoms with Crippen LogP contribution in [0.4, 0.5) is 5.69 Å². The minimum absolute atomic E-state index is 0.0403. The maximum absolute atomic E-state index is 12.4. The topological polar surface area (TPSA) is 75.4 Å². The molecule has 0 atom stereocenters. The number of anilines is 1. The largest absolute Gasteiger partial charge is 0.339 e. The van der Waals surface area contributed by atoms with Crippen molar-refractivity contribution in [2.75, 3.05) is 25.0 Å². The van der Waals surface area contributed by atoms with E-state index in [1.807, 2.05) is 4.90 Å². The minimum atomic E-state index is -0.116. The lowest BCUT2D eigenvalue weighted by Gasteiger charge is -2.21. The molecule has 0 aliphatic carbocycles. The van der Waals surface area contributed by atoms with Crippen molar-refractivity contribution in [1.29, 1.82) is 0 Å². The number of carbonyl (C=O) groups excluding carboxylic acids is 2. The predicted octanol–water partition coefficient (Wildman–Crippen LogP) is 2.24. The van der Waals surface area contributed by atoms with Crippen molar-refractivity contribution in [3.05, 3.63) is 29.8 Å². The summed E-state index contributed by atoms with van der Waals surface area (Å²) < 4.78 is 0. The molecule has 116 valence electrons. The van der Waals surface area contributed by atoms with Gasteiger partial charge in [0.2, 0.25) is 5.91 Å². The molecule has 1 aromatic carbocycles. The van der Waals surface area contributed by atoms with Crippen LogP contribution in [0.3, 0.4) is 0 Å². The van der Waals surface area contributed by atoms with Gasteiger partial charge in [0, 0.05) is 37.3 Å². The lowest BCUT2D eigenvalue weighted by atomic mass is 10.1. The summed E-state index contributed by atoms with van der Waals surface area (Å²) in [7, 11) is 0. The lowest BCUT2D eigenvalue weighted by Crippen LogP contribution is -2.32. The fraction of sp³-hybridized carbons (Fsp3) is 0.500. The molecule has 0 heterocycles. The number of hydrogen-bond donors (Lipinski definition) is 2. The first kappa shape index (κ1) is 17.2. The molecule has 2 amide bonds. The third-order valence-corrected chi connectivity index (χ3v) is 3.06. The van der Waals surface area contributed by atoms with Crippen molar-refractivity contribution in [3.8, 4) is 0 Å². The Morgan fingerprint density at radius 2 is 1.67 bits per heavy atom. The van der Waals surface area contributed by atoms with Crippen LogP contribution in [0.1, 0.15) is 43.5 Å². The van der Waals surface area contributed by atoms with Crippen molar-refractivity contribution < 1.29 is 9.59 Å². The number of nitrogens with zero attached hydrogens (tertiary/aromatic N) is 1. The van der Waals surface area contributed by atoms with Gasteiger partial charge in [0.05, 0.1) is 0 Å². The summed E-state index contributed by atoms with van der Waals surface area (Å²) >= 11 is 0. The van der Waals surface area contributed by atoms with E-state index in [1.54, 1.807) is 24.3 Å². The normalized spacial score (nSPS) is 10.2. The molecule has 1 aromatic rings. The lowest BCUT2D eigenvalue weighted by molar-refractivity contribution is -0.116. The zero-order valence-corrected chi connectivity index (χ0v) is 12.9. The van der Waals surface area contributed by atoms with Crippen LogP contribution in [0.2, 0.25) is 0 Å². The first-order chi connectivity index (χ1) is 10.1. The van der Waals surface area contributed by atoms with Gasteiger partial charge in [0.15, 0.2) is 0 Å². The molecule has 0 spiro atoms. The van der Waals surface area contributed by atoms with E-state index in [4.69, 9.17) is 5.73 Å². The van der Waals surface area contributed by atoms with E-state index in [0.29, 0.717) is 24.2 Å². The van der Waals surface area contributed by atoms with E-state index < -0.39 is 0 Å². The number of carbonyl (C=O) groups is 2. The molecule has 0 saturated carbocycles. The number of amides is 2. The van der Waals surface area contributed by atoms with E-state index in [-0.39, 0.29) is 11.8 Å². The van der Waals surface area contributed by atoms with Gasteiger partial charge < -0.3 is 16.0 Å². The van der Waals surface area contributed by atoms with Gasteiger partial charge in [0.1, 0.15) is 0 Å². The van der Waals surface area contributed by atoms with Crippen LogP contribution >= 0.6 is 0 Å². The van der Waals surface area contributed by atoms with Crippen molar-refractivity contribution in [2.45, 2.75) is 33.1 Å². The average molecular weight is 291 g/mol. The number of hydrogen-bond acceptors (Lipinski definition) is 3. The zero-order valence-electron chi connectivity index (χ0n) is 12.9. The standard InChI is InChI=1S/C16H25N3O2/c1-3-11-19(12-4-2)16(21)13-5-7-14(8-6-13)18-15(20)9-10-17/h5-8H,3-4,9-12,17H2,1-2H3,(H,18,20). The molecule has 0 unspecified atom stereocenters. The first-order valence-electron chi connectivity index (χ1n) is 7.51. The van der Waals surface area contributed by atoms with Crippen LogP contribution in [0.5, 0.6) is 0 Å². The summed E-state index contributed by atoms with van der Waals surface area (Å²) in [6.45, 7) is 5.98. The van der Waals surface area contributed by atoms with Crippen molar-refractivity contribution >= 4 is 17.5 Å². The molecule has 5 heteroatoms. The highest BCUT2D eigenvalue weighted by atomic mass is 16.2. The second-order valence-electron chi connectivity index (χ2n) is 4.96. The Kier molecular flexibility index (Phi) is 7.46. The number of rotatable bonds is 8. The summed E-state index contributed by atoms with van der Waals surface area (Å²) in [4.78, 5) is 25.7. The third-order valence-electron chi connectivity index (χ3n) is 3.06. The SMILES string of the molecule is CCCN(CCC)C(=O)c1ccc(NC(=O)CCN)cc1. The molecule has 0 radical (unpaired) electrons. The van der Waals surface area contributed by atoms with Gasteiger partial charge >= 0.3 is 0 Å². The first-order valence-corrected chi connectivity index (χ1v) is 7.51. The maximum Gasteiger partial charge on any atom is 0.253 e. The van der Waals surface area contributed by atoms with Crippen LogP contribution in [0, 0.1) is 0 Å². The van der Waals surface area contributed by atoms with Crippen LogP contribution < -0.4 is 11.1 Å². The molecule has 3 N–H and O–H groups in total. The Bertz CT molecular complexity index is 451. The quantitative estimate of drug-likeness (QED) is 0.771. The Morgan fingerprint density at radius 3 is 2.14 bits per heavy atom. The van der Waals surface area contributed by atoms with Gasteiger partial charge in [0.25, 0.3) is 5.91 Å². The van der Waals surface area contributed by atoms with Gasteiger partial charge in [-0.1, -0.05) is 13.8 Å². The monoisotopic (exact) mass is 291 g/mol. The molecule has 1 rings (SSSR count). The highest BCUT2D eigenvalue weighted by molar-refractivity contribution is 5.95. The molecule has 0 aromatic heterocycles. The molecular formula is C16H25N3O2. The van der Waals surface area contributed by atoms with Crippen LogP contribution in [0.25, 0.3) is 0 Å². The fourth-order valence-corrected chi connectivity index (χ4v) is 2.09. The summed E-state index contributed by atoms with van der Waals surface area (Å²) in [5, 5.41) is 2.74. The minimum Gasteiger partial charge on any atom is -0.339 e. The van der Waals surface area contributed by atoms with Crippen LogP contribution in [0.15, 0.2) is 24.3 Å². The molecular weight excluding hydrogens is 266 g/mol.